The van der Waals surface area contributed by atoms with Gasteiger partial charge in [-0.2, -0.15) is 5.10 Å². The van der Waals surface area contributed by atoms with Gasteiger partial charge in [0.2, 0.25) is 0 Å². The number of hydrogen-bond donors (Lipinski definition) is 5. The molecular weight excluding hydrogens is 582 g/mol. The number of rotatable bonds is 10. The molecule has 40 heavy (non-hydrogen) atoms. The predicted octanol–water partition coefficient (Wildman–Crippen LogP) is 4.41. The summed E-state index contributed by atoms with van der Waals surface area (Å²) in [6.07, 6.45) is 2.17. The van der Waals surface area contributed by atoms with Crippen LogP contribution in [0.2, 0.25) is 10.0 Å². The van der Waals surface area contributed by atoms with E-state index in [1.165, 1.54) is 25.3 Å². The fourth-order valence-electron chi connectivity index (χ4n) is 4.08. The average molecular weight is 609 g/mol. The van der Waals surface area contributed by atoms with E-state index in [2.05, 4.69) is 25.9 Å². The first-order chi connectivity index (χ1) is 19.1. The highest BCUT2D eigenvalue weighted by Crippen LogP contribution is 2.48. The summed E-state index contributed by atoms with van der Waals surface area (Å²) in [5.74, 6) is -1.96. The first-order valence-electron chi connectivity index (χ1n) is 12.3. The molecule has 212 valence electrons. The van der Waals surface area contributed by atoms with Crippen molar-refractivity contribution >= 4 is 54.3 Å². The molecule has 5 N–H and O–H groups in total. The largest absolute Gasteiger partial charge is 0.480 e. The van der Waals surface area contributed by atoms with Crippen molar-refractivity contribution in [2.75, 3.05) is 18.4 Å². The van der Waals surface area contributed by atoms with Gasteiger partial charge < -0.3 is 20.3 Å². The lowest BCUT2D eigenvalue weighted by molar-refractivity contribution is -0.138. The van der Waals surface area contributed by atoms with Gasteiger partial charge in [-0.05, 0) is 44.0 Å². The van der Waals surface area contributed by atoms with Crippen molar-refractivity contribution in [1.29, 1.82) is 0 Å². The van der Waals surface area contributed by atoms with Gasteiger partial charge in [0.1, 0.15) is 11.8 Å². The normalized spacial score (nSPS) is 16.5. The van der Waals surface area contributed by atoms with Crippen LogP contribution in [0.5, 0.6) is 5.75 Å². The summed E-state index contributed by atoms with van der Waals surface area (Å²) in [5.41, 5.74) is 0.177. The minimum Gasteiger partial charge on any atom is -0.480 e. The van der Waals surface area contributed by atoms with E-state index in [0.717, 1.165) is 0 Å². The van der Waals surface area contributed by atoms with Crippen molar-refractivity contribution in [3.05, 3.63) is 76.0 Å². The number of carboxylic acids is 1. The van der Waals surface area contributed by atoms with Crippen LogP contribution in [0.1, 0.15) is 40.6 Å². The molecule has 2 atom stereocenters. The van der Waals surface area contributed by atoms with E-state index in [-0.39, 0.29) is 46.1 Å². The molecule has 2 heterocycles. The molecule has 1 saturated heterocycles. The Morgan fingerprint density at radius 3 is 2.35 bits per heavy atom. The number of aromatic nitrogens is 2. The number of aromatic amines is 1. The lowest BCUT2D eigenvalue weighted by atomic mass is 10.1. The number of nitrogens with zero attached hydrogens (tertiary/aromatic N) is 2. The fourth-order valence-corrected chi connectivity index (χ4v) is 6.74. The second-order valence-electron chi connectivity index (χ2n) is 9.01. The van der Waals surface area contributed by atoms with E-state index in [1.54, 1.807) is 41.1 Å². The highest BCUT2D eigenvalue weighted by Gasteiger charge is 2.39. The van der Waals surface area contributed by atoms with Gasteiger partial charge in [-0.1, -0.05) is 47.5 Å². The SMILES string of the molecule is C[C@H](NP(=O)(Oc1ccccc1)N1CCC(NC(=O)c2n[nH]cc2NC(=O)c2c(Cl)cccc2Cl)CC1)C(=O)O. The number of aliphatic carboxylic acids is 1. The lowest BCUT2D eigenvalue weighted by Crippen LogP contribution is -2.47. The molecule has 15 heteroatoms. The standard InChI is InChI=1S/C25H27Cl2N6O6P/c1-15(25(36)37)32-40(38,39-17-6-3-2-4-7-17)33-12-10-16(11-13-33)29-24(35)22-20(14-28-31-22)30-23(34)21-18(26)8-5-9-19(21)27/h2-9,14-16H,10-13H2,1H3,(H,28,31)(H,29,35)(H,30,34)(H,32,38)(H,36,37)/t15-,40?/m0/s1. The van der Waals surface area contributed by atoms with E-state index >= 15 is 0 Å². The molecule has 1 unspecified atom stereocenters. The highest BCUT2D eigenvalue weighted by atomic mass is 35.5. The third-order valence-electron chi connectivity index (χ3n) is 6.17. The molecule has 12 nitrogen and oxygen atoms in total. The summed E-state index contributed by atoms with van der Waals surface area (Å²) in [4.78, 5) is 37.2. The van der Waals surface area contributed by atoms with Gasteiger partial charge in [0, 0.05) is 25.3 Å². The van der Waals surface area contributed by atoms with Crippen molar-refractivity contribution in [3.8, 4) is 5.75 Å². The quantitative estimate of drug-likeness (QED) is 0.209. The summed E-state index contributed by atoms with van der Waals surface area (Å²) in [7, 11) is -3.79. The number of nitrogens with one attached hydrogen (secondary N) is 4. The monoisotopic (exact) mass is 608 g/mol. The number of piperidine rings is 1. The summed E-state index contributed by atoms with van der Waals surface area (Å²) < 4.78 is 21.2. The van der Waals surface area contributed by atoms with Crippen molar-refractivity contribution in [3.63, 3.8) is 0 Å². The van der Waals surface area contributed by atoms with Gasteiger partial charge in [0.05, 0.1) is 21.3 Å². The van der Waals surface area contributed by atoms with E-state index in [9.17, 15) is 24.1 Å². The molecule has 2 aromatic carbocycles. The summed E-state index contributed by atoms with van der Waals surface area (Å²) in [6, 6.07) is 11.7. The van der Waals surface area contributed by atoms with Crippen LogP contribution in [0, 0.1) is 0 Å². The summed E-state index contributed by atoms with van der Waals surface area (Å²) in [5, 5.41) is 24.3. The molecule has 1 fully saturated rings. The third kappa shape index (κ3) is 7.01. The van der Waals surface area contributed by atoms with Gasteiger partial charge in [-0.15, -0.1) is 0 Å². The van der Waals surface area contributed by atoms with Crippen LogP contribution < -0.4 is 20.2 Å². The highest BCUT2D eigenvalue weighted by molar-refractivity contribution is 7.54. The van der Waals surface area contributed by atoms with Gasteiger partial charge in [0.15, 0.2) is 5.69 Å². The van der Waals surface area contributed by atoms with Gasteiger partial charge in [-0.3, -0.25) is 19.5 Å². The number of anilines is 1. The molecular formula is C25H27Cl2N6O6P. The molecule has 0 radical (unpaired) electrons. The first kappa shape index (κ1) is 29.6. The number of carbonyl (C=O) groups excluding carboxylic acids is 2. The van der Waals surface area contributed by atoms with E-state index in [4.69, 9.17) is 27.7 Å². The molecule has 0 spiro atoms. The van der Waals surface area contributed by atoms with E-state index in [0.29, 0.717) is 18.6 Å². The Balaban J connectivity index is 1.40. The zero-order valence-electron chi connectivity index (χ0n) is 21.3. The molecule has 0 aliphatic carbocycles. The Bertz CT molecular complexity index is 1410. The van der Waals surface area contributed by atoms with Crippen LogP contribution in [0.4, 0.5) is 5.69 Å². The average Bonchev–Trinajstić information content (AvgIpc) is 3.37. The Kier molecular flexibility index (Phi) is 9.49. The zero-order valence-corrected chi connectivity index (χ0v) is 23.7. The molecule has 1 aliphatic rings. The number of benzene rings is 2. The summed E-state index contributed by atoms with van der Waals surface area (Å²) in [6.45, 7) is 1.89. The van der Waals surface area contributed by atoms with Crippen molar-refractivity contribution in [1.82, 2.24) is 25.3 Å². The topological polar surface area (TPSA) is 166 Å². The van der Waals surface area contributed by atoms with Crippen LogP contribution in [-0.2, 0) is 9.36 Å². The minimum atomic E-state index is -3.79. The second kappa shape index (κ2) is 12.8. The summed E-state index contributed by atoms with van der Waals surface area (Å²) >= 11 is 12.2. The molecule has 0 bridgehead atoms. The number of para-hydroxylation sites is 1. The smallest absolute Gasteiger partial charge is 0.393 e. The zero-order chi connectivity index (χ0) is 28.9. The van der Waals surface area contributed by atoms with Gasteiger partial charge in [0.25, 0.3) is 11.8 Å². The van der Waals surface area contributed by atoms with Crippen LogP contribution in [0.25, 0.3) is 0 Å². The van der Waals surface area contributed by atoms with Crippen molar-refractivity contribution < 1.29 is 28.6 Å². The molecule has 0 saturated carbocycles. The Labute approximate surface area is 239 Å². The maximum atomic E-state index is 13.8. The number of amides is 2. The second-order valence-corrected chi connectivity index (χ2v) is 11.9. The van der Waals surface area contributed by atoms with Crippen molar-refractivity contribution in [2.24, 2.45) is 0 Å². The Hall–Kier alpha value is -3.41. The van der Waals surface area contributed by atoms with E-state index in [1.807, 2.05) is 0 Å². The molecule has 2 amide bonds. The molecule has 3 aromatic rings. The van der Waals surface area contributed by atoms with Crippen LogP contribution in [0.3, 0.4) is 0 Å². The number of hydrogen-bond acceptors (Lipinski definition) is 6. The third-order valence-corrected chi connectivity index (χ3v) is 9.12. The molecule has 1 aromatic heterocycles. The number of carboxylic acid groups (broad SMARTS) is 1. The van der Waals surface area contributed by atoms with Crippen LogP contribution >= 0.6 is 30.9 Å². The lowest BCUT2D eigenvalue weighted by Gasteiger charge is -2.37. The fraction of sp³-hybridized carbons (Fsp3) is 0.280. The Morgan fingerprint density at radius 2 is 1.73 bits per heavy atom. The maximum Gasteiger partial charge on any atom is 0.393 e. The number of H-pyrrole nitrogens is 1. The Morgan fingerprint density at radius 1 is 1.07 bits per heavy atom. The van der Waals surface area contributed by atoms with Gasteiger partial charge in [-0.25, -0.2) is 14.3 Å². The number of carbonyl (C=O) groups is 3. The van der Waals surface area contributed by atoms with Gasteiger partial charge >= 0.3 is 13.6 Å². The van der Waals surface area contributed by atoms with Crippen LogP contribution in [0.15, 0.2) is 54.7 Å². The maximum absolute atomic E-state index is 13.8. The minimum absolute atomic E-state index is 0.0333. The molecule has 4 rings (SSSR count). The molecule has 1 aliphatic heterocycles. The van der Waals surface area contributed by atoms with Crippen LogP contribution in [-0.4, -0.2) is 62.9 Å². The van der Waals surface area contributed by atoms with Crippen molar-refractivity contribution in [2.45, 2.75) is 31.8 Å². The first-order valence-corrected chi connectivity index (χ1v) is 14.6. The predicted molar refractivity (Wildman–Crippen MR) is 150 cm³/mol. The number of halogens is 2. The van der Waals surface area contributed by atoms with E-state index < -0.39 is 31.5 Å².